The average Bonchev–Trinajstić information content (AvgIpc) is 2.32. The van der Waals surface area contributed by atoms with E-state index in [9.17, 15) is 17.9 Å². The van der Waals surface area contributed by atoms with E-state index in [0.717, 1.165) is 32.1 Å². The Kier molecular flexibility index (Phi) is 3.59. The van der Waals surface area contributed by atoms with Crippen LogP contribution in [0.4, 0.5) is 4.39 Å². The predicted octanol–water partition coefficient (Wildman–Crippen LogP) is 1.75. The highest BCUT2D eigenvalue weighted by Gasteiger charge is 2.24. The molecule has 1 fully saturated rings. The first kappa shape index (κ1) is 13.3. The van der Waals surface area contributed by atoms with E-state index in [-0.39, 0.29) is 6.04 Å². The van der Waals surface area contributed by atoms with Gasteiger partial charge in [-0.05, 0) is 25.5 Å². The summed E-state index contributed by atoms with van der Waals surface area (Å²) in [6.45, 7) is 0.819. The molecule has 0 bridgehead atoms. The summed E-state index contributed by atoms with van der Waals surface area (Å²) in [7, 11) is -3.66. The van der Waals surface area contributed by atoms with E-state index in [1.807, 2.05) is 0 Å². The van der Waals surface area contributed by atoms with Crippen LogP contribution in [0.1, 0.15) is 30.9 Å². The molecule has 0 spiro atoms. The lowest BCUT2D eigenvalue weighted by Crippen LogP contribution is -2.27. The van der Waals surface area contributed by atoms with Crippen molar-refractivity contribution in [1.82, 2.24) is 5.32 Å². The number of hydrogen-bond acceptors (Lipinski definition) is 4. The second kappa shape index (κ2) is 4.85. The summed E-state index contributed by atoms with van der Waals surface area (Å²) < 4.78 is 36.5. The number of hydrogen-bond donors (Lipinski definition) is 2. The van der Waals surface area contributed by atoms with Gasteiger partial charge in [-0.3, -0.25) is 0 Å². The van der Waals surface area contributed by atoms with Gasteiger partial charge in [-0.2, -0.15) is 0 Å². The summed E-state index contributed by atoms with van der Waals surface area (Å²) in [5, 5.41) is 13.0. The zero-order valence-corrected chi connectivity index (χ0v) is 10.9. The minimum Gasteiger partial charge on any atom is -0.505 e. The van der Waals surface area contributed by atoms with Crippen molar-refractivity contribution in [2.24, 2.45) is 0 Å². The van der Waals surface area contributed by atoms with E-state index >= 15 is 0 Å². The quantitative estimate of drug-likeness (QED) is 0.861. The third-order valence-corrected chi connectivity index (χ3v) is 4.31. The number of piperidine rings is 1. The minimum absolute atomic E-state index is 0.109. The molecule has 1 aliphatic heterocycles. The molecular weight excluding hydrogens is 257 g/mol. The monoisotopic (exact) mass is 273 g/mol. The molecule has 4 nitrogen and oxygen atoms in total. The van der Waals surface area contributed by atoms with Gasteiger partial charge in [0.05, 0.1) is 0 Å². The van der Waals surface area contributed by atoms with Crippen molar-refractivity contribution >= 4 is 9.84 Å². The molecule has 1 atom stereocenters. The Morgan fingerprint density at radius 1 is 1.39 bits per heavy atom. The van der Waals surface area contributed by atoms with Crippen LogP contribution >= 0.6 is 0 Å². The zero-order valence-electron chi connectivity index (χ0n) is 10.1. The number of halogens is 1. The smallest absolute Gasteiger partial charge is 0.183 e. The molecule has 1 heterocycles. The van der Waals surface area contributed by atoms with Crippen LogP contribution in [-0.2, 0) is 9.84 Å². The minimum atomic E-state index is -3.66. The highest BCUT2D eigenvalue weighted by molar-refractivity contribution is 7.90. The van der Waals surface area contributed by atoms with Gasteiger partial charge in [-0.25, -0.2) is 12.8 Å². The fourth-order valence-corrected chi connectivity index (χ4v) is 2.98. The number of sulfone groups is 1. The molecule has 0 amide bonds. The predicted molar refractivity (Wildman–Crippen MR) is 65.8 cm³/mol. The van der Waals surface area contributed by atoms with E-state index in [2.05, 4.69) is 5.32 Å². The third kappa shape index (κ3) is 2.49. The molecule has 0 radical (unpaired) electrons. The number of nitrogens with one attached hydrogen (secondary N) is 1. The fraction of sp³-hybridized carbons (Fsp3) is 0.500. The average molecular weight is 273 g/mol. The van der Waals surface area contributed by atoms with Crippen LogP contribution in [0.15, 0.2) is 17.0 Å². The van der Waals surface area contributed by atoms with Gasteiger partial charge in [0.15, 0.2) is 21.4 Å². The van der Waals surface area contributed by atoms with Crippen LogP contribution in [-0.4, -0.2) is 26.3 Å². The molecule has 6 heteroatoms. The summed E-state index contributed by atoms with van der Waals surface area (Å²) in [4.78, 5) is -0.459. The largest absolute Gasteiger partial charge is 0.505 e. The van der Waals surface area contributed by atoms with Crippen molar-refractivity contribution in [3.8, 4) is 5.75 Å². The van der Waals surface area contributed by atoms with E-state index in [0.29, 0.717) is 5.56 Å². The van der Waals surface area contributed by atoms with Crippen molar-refractivity contribution < 1.29 is 17.9 Å². The molecule has 1 aromatic carbocycles. The van der Waals surface area contributed by atoms with Gasteiger partial charge in [-0.1, -0.05) is 12.5 Å². The summed E-state index contributed by atoms with van der Waals surface area (Å²) in [6.07, 6.45) is 3.79. The lowest BCUT2D eigenvalue weighted by Gasteiger charge is -2.24. The first-order chi connectivity index (χ1) is 8.41. The molecule has 1 unspecified atom stereocenters. The van der Waals surface area contributed by atoms with Gasteiger partial charge in [0.1, 0.15) is 4.90 Å². The van der Waals surface area contributed by atoms with Gasteiger partial charge in [-0.15, -0.1) is 0 Å². The number of phenolic OH excluding ortho intramolecular Hbond substituents is 1. The normalized spacial score (nSPS) is 20.9. The Hall–Kier alpha value is -1.14. The molecule has 0 aromatic heterocycles. The topological polar surface area (TPSA) is 66.4 Å². The number of phenols is 1. The Bertz CT molecular complexity index is 551. The highest BCUT2D eigenvalue weighted by atomic mass is 32.2. The third-order valence-electron chi connectivity index (χ3n) is 3.20. The lowest BCUT2D eigenvalue weighted by molar-refractivity contribution is 0.373. The Balaban J connectivity index is 2.43. The van der Waals surface area contributed by atoms with Crippen LogP contribution in [0.5, 0.6) is 5.75 Å². The fourth-order valence-electron chi connectivity index (χ4n) is 2.25. The summed E-state index contributed by atoms with van der Waals surface area (Å²) >= 11 is 0. The van der Waals surface area contributed by atoms with Crippen molar-refractivity contribution in [2.75, 3.05) is 12.8 Å². The zero-order chi connectivity index (χ0) is 13.3. The van der Waals surface area contributed by atoms with Crippen molar-refractivity contribution in [3.63, 3.8) is 0 Å². The number of rotatable bonds is 2. The summed E-state index contributed by atoms with van der Waals surface area (Å²) in [6, 6.07) is 2.59. The van der Waals surface area contributed by atoms with E-state index in [1.165, 1.54) is 12.1 Å². The molecule has 1 saturated heterocycles. The lowest BCUT2D eigenvalue weighted by atomic mass is 9.97. The molecule has 1 aliphatic rings. The van der Waals surface area contributed by atoms with Gasteiger partial charge < -0.3 is 10.4 Å². The highest BCUT2D eigenvalue weighted by Crippen LogP contribution is 2.34. The summed E-state index contributed by atoms with van der Waals surface area (Å²) in [5.41, 5.74) is 0.430. The second-order valence-corrected chi connectivity index (χ2v) is 6.57. The summed E-state index contributed by atoms with van der Waals surface area (Å²) in [5.74, 6) is -1.61. The Morgan fingerprint density at radius 2 is 2.11 bits per heavy atom. The first-order valence-electron chi connectivity index (χ1n) is 5.86. The van der Waals surface area contributed by atoms with E-state index < -0.39 is 26.3 Å². The van der Waals surface area contributed by atoms with Crippen LogP contribution in [0, 0.1) is 5.82 Å². The maximum Gasteiger partial charge on any atom is 0.183 e. The van der Waals surface area contributed by atoms with Gasteiger partial charge in [0.2, 0.25) is 0 Å². The molecule has 0 saturated carbocycles. The molecule has 2 N–H and O–H groups in total. The Labute approximate surface area is 106 Å². The number of aromatic hydroxyl groups is 1. The molecule has 100 valence electrons. The molecular formula is C12H16FNO3S. The molecule has 1 aromatic rings. The van der Waals surface area contributed by atoms with Crippen molar-refractivity contribution in [2.45, 2.75) is 30.2 Å². The van der Waals surface area contributed by atoms with Gasteiger partial charge in [0.25, 0.3) is 0 Å². The maximum atomic E-state index is 13.9. The van der Waals surface area contributed by atoms with Crippen LogP contribution in [0.25, 0.3) is 0 Å². The molecule has 18 heavy (non-hydrogen) atoms. The SMILES string of the molecule is CS(=O)(=O)c1ccc(C2CCCCN2)c(O)c1F. The first-order valence-corrected chi connectivity index (χ1v) is 7.75. The molecule has 2 rings (SSSR count). The van der Waals surface area contributed by atoms with Crippen LogP contribution in [0.2, 0.25) is 0 Å². The van der Waals surface area contributed by atoms with Crippen LogP contribution in [0.3, 0.4) is 0 Å². The number of benzene rings is 1. The maximum absolute atomic E-state index is 13.9. The van der Waals surface area contributed by atoms with Crippen molar-refractivity contribution in [1.29, 1.82) is 0 Å². The second-order valence-electron chi connectivity index (χ2n) is 4.59. The standard InChI is InChI=1S/C12H16FNO3S/c1-18(16,17)10-6-5-8(12(15)11(10)13)9-4-2-3-7-14-9/h5-6,9,14-15H,2-4,7H2,1H3. The van der Waals surface area contributed by atoms with Crippen LogP contribution < -0.4 is 5.32 Å². The van der Waals surface area contributed by atoms with Gasteiger partial charge >= 0.3 is 0 Å². The molecule has 0 aliphatic carbocycles. The van der Waals surface area contributed by atoms with E-state index in [1.54, 1.807) is 0 Å². The Morgan fingerprint density at radius 3 is 2.67 bits per heavy atom. The van der Waals surface area contributed by atoms with E-state index in [4.69, 9.17) is 0 Å². The van der Waals surface area contributed by atoms with Crippen molar-refractivity contribution in [3.05, 3.63) is 23.5 Å². The van der Waals surface area contributed by atoms with Gasteiger partial charge in [0, 0.05) is 17.9 Å².